The molecule has 3 aliphatic heterocycles. The molecule has 2 atom stereocenters. The van der Waals surface area contributed by atoms with Crippen LogP contribution in [0.2, 0.25) is 0 Å². The van der Waals surface area contributed by atoms with Crippen LogP contribution in [0.25, 0.3) is 62.3 Å². The molecule has 8 aromatic carbocycles. The van der Waals surface area contributed by atoms with E-state index in [1.165, 1.54) is 48.4 Å². The molecular formula is C94H87N6O10S3+3. The number of aromatic nitrogens is 3. The molecule has 20 rings (SSSR count). The molecule has 113 heavy (non-hydrogen) atoms. The summed E-state index contributed by atoms with van der Waals surface area (Å²) in [5.41, 5.74) is 13.8. The molecule has 16 nitrogen and oxygen atoms in total. The van der Waals surface area contributed by atoms with Gasteiger partial charge in [0.05, 0.1) is 35.3 Å². The minimum Gasteiger partial charge on any atom is -0.439 e. The maximum absolute atomic E-state index is 13.7. The predicted octanol–water partition coefficient (Wildman–Crippen LogP) is 19.4. The molecule has 11 aromatic rings. The van der Waals surface area contributed by atoms with Crippen LogP contribution in [0, 0.1) is 11.8 Å². The summed E-state index contributed by atoms with van der Waals surface area (Å²) in [7, 11) is 0. The first-order chi connectivity index (χ1) is 55.4. The number of para-hydroxylation sites is 12. The summed E-state index contributed by atoms with van der Waals surface area (Å²) in [6.45, 7) is 14.6. The predicted molar refractivity (Wildman–Crippen MR) is 450 cm³/mol. The first kappa shape index (κ1) is 73.4. The third-order valence-corrected chi connectivity index (χ3v) is 26.5. The van der Waals surface area contributed by atoms with Gasteiger partial charge in [-0.05, 0) is 149 Å². The topological polar surface area (TPSA) is 160 Å². The Hall–Kier alpha value is -11.1. The van der Waals surface area contributed by atoms with Gasteiger partial charge in [0.2, 0.25) is 34.4 Å². The normalized spacial score (nSPS) is 20.9. The van der Waals surface area contributed by atoms with Crippen molar-refractivity contribution in [2.24, 2.45) is 11.8 Å². The van der Waals surface area contributed by atoms with Gasteiger partial charge in [0.1, 0.15) is 19.7 Å². The Morgan fingerprint density at radius 2 is 0.805 bits per heavy atom. The number of aliphatic hydroxyl groups excluding tert-OH is 1. The van der Waals surface area contributed by atoms with Gasteiger partial charge in [-0.15, -0.1) is 35.3 Å². The van der Waals surface area contributed by atoms with Gasteiger partial charge in [-0.1, -0.05) is 128 Å². The van der Waals surface area contributed by atoms with Crippen LogP contribution in [0.5, 0.6) is 17.2 Å². The number of nitrogens with zero attached hydrogens (tertiary/aromatic N) is 6. The van der Waals surface area contributed by atoms with E-state index in [1.54, 1.807) is 23.5 Å². The number of fused-ring (bicyclic) bond motifs is 9. The van der Waals surface area contributed by atoms with Crippen molar-refractivity contribution in [3.63, 3.8) is 0 Å². The van der Waals surface area contributed by atoms with E-state index < -0.39 is 0 Å². The number of hydrogen-bond donors (Lipinski definition) is 1. The van der Waals surface area contributed by atoms with Crippen molar-refractivity contribution < 1.29 is 60.7 Å². The maximum atomic E-state index is 13.7. The molecule has 6 heterocycles. The Balaban J connectivity index is 0.000000119. The number of allylic oxidation sites excluding steroid dienone is 9. The molecule has 9 aliphatic rings. The first-order valence-corrected chi connectivity index (χ1v) is 42.3. The Labute approximate surface area is 669 Å². The van der Waals surface area contributed by atoms with Crippen LogP contribution in [-0.4, -0.2) is 59.2 Å². The molecule has 19 heteroatoms. The van der Waals surface area contributed by atoms with Crippen LogP contribution in [0.3, 0.4) is 0 Å². The van der Waals surface area contributed by atoms with E-state index in [4.69, 9.17) is 27.5 Å². The molecule has 2 unspecified atom stereocenters. The van der Waals surface area contributed by atoms with Crippen LogP contribution in [0.1, 0.15) is 103 Å². The average molecular weight is 1560 g/mol. The highest BCUT2D eigenvalue weighted by Gasteiger charge is 2.44. The molecule has 6 aliphatic carbocycles. The second-order valence-corrected chi connectivity index (χ2v) is 33.0. The minimum absolute atomic E-state index is 0.00256. The lowest BCUT2D eigenvalue weighted by Gasteiger charge is -2.31. The number of ether oxygens (including phenoxy) is 3. The lowest BCUT2D eigenvalue weighted by molar-refractivity contribution is -0.679. The van der Waals surface area contributed by atoms with Crippen molar-refractivity contribution in [1.82, 2.24) is 0 Å². The maximum Gasteiger partial charge on any atom is 0.374 e. The Kier molecular flexibility index (Phi) is 20.4. The highest BCUT2D eigenvalue weighted by Crippen LogP contribution is 2.54. The second kappa shape index (κ2) is 31.5. The zero-order valence-corrected chi connectivity index (χ0v) is 66.3. The summed E-state index contributed by atoms with van der Waals surface area (Å²) >= 11 is 5.36. The van der Waals surface area contributed by atoms with Crippen LogP contribution < -0.4 is 42.6 Å². The van der Waals surface area contributed by atoms with E-state index >= 15 is 0 Å². The van der Waals surface area contributed by atoms with Crippen LogP contribution in [0.15, 0.2) is 285 Å². The van der Waals surface area contributed by atoms with E-state index in [1.807, 2.05) is 186 Å². The van der Waals surface area contributed by atoms with Gasteiger partial charge in [-0.25, -0.2) is 0 Å². The molecule has 1 N–H and O–H groups in total. The van der Waals surface area contributed by atoms with Crippen molar-refractivity contribution in [2.75, 3.05) is 40.9 Å². The molecule has 0 amide bonds. The summed E-state index contributed by atoms with van der Waals surface area (Å²) < 4.78 is 43.2. The van der Waals surface area contributed by atoms with Gasteiger partial charge in [0, 0.05) is 120 Å². The number of hydrogen-bond acceptors (Lipinski definition) is 16. The number of rotatable bonds is 20. The highest BCUT2D eigenvalue weighted by atomic mass is 32.2. The smallest absolute Gasteiger partial charge is 0.374 e. The van der Waals surface area contributed by atoms with E-state index in [0.29, 0.717) is 62.9 Å². The number of Topliss-reactive ketones (excluding diaryl/α,β-unsaturated/α-hetero) is 3. The molecule has 2 bridgehead atoms. The number of aryl methyl sites for hydroxylation is 2. The number of thioether (sulfide) groups is 3. The first-order valence-electron chi connectivity index (χ1n) is 39.5. The van der Waals surface area contributed by atoms with Gasteiger partial charge in [-0.3, -0.25) is 14.4 Å². The summed E-state index contributed by atoms with van der Waals surface area (Å²) in [5, 5.41) is 13.1. The van der Waals surface area contributed by atoms with Gasteiger partial charge in [0.25, 0.3) is 16.6 Å². The SMILES string of the molecule is CCN1/C(=C\C2=C(SC3CC3)C(=C\c3oc4ccccc4[n+]3CCO)/C2=O)Oc2ccccc21.CCN1/C(=C\C2=C(SC3CC4CCC(C4)C3)C(=C\c3oc4ccccc4[n+]3CC)/C2=O)Oc2ccccc21.CCN1/C(=C\C2=C(SCc3ccc4ccccc4c3)C(=C\c3oc4ccccc4[n+]3CC)/C2=O)Oc2ccccc21. The molecule has 3 saturated carbocycles. The zero-order chi connectivity index (χ0) is 77.0. The number of carbonyl (C=O) groups is 3. The van der Waals surface area contributed by atoms with Gasteiger partial charge >= 0.3 is 17.7 Å². The molecule has 3 fully saturated rings. The molecule has 0 radical (unpaired) electrons. The molecular weight excluding hydrogens is 1470 g/mol. The van der Waals surface area contributed by atoms with E-state index in [0.717, 1.165) is 168 Å². The molecule has 0 saturated heterocycles. The quantitative estimate of drug-likeness (QED) is 0.0566. The molecule has 0 spiro atoms. The second-order valence-electron chi connectivity index (χ2n) is 29.4. The van der Waals surface area contributed by atoms with E-state index in [9.17, 15) is 19.5 Å². The largest absolute Gasteiger partial charge is 0.439 e. The minimum atomic E-state index is -0.0140. The van der Waals surface area contributed by atoms with E-state index in [-0.39, 0.29) is 24.0 Å². The number of anilines is 3. The highest BCUT2D eigenvalue weighted by molar-refractivity contribution is 8.04. The van der Waals surface area contributed by atoms with Crippen molar-refractivity contribution in [2.45, 2.75) is 115 Å². The molecule has 568 valence electrons. The number of aliphatic hydroxyl groups is 1. The lowest BCUT2D eigenvalue weighted by atomic mass is 9.88. The fourth-order valence-corrected chi connectivity index (χ4v) is 20.7. The fourth-order valence-electron chi connectivity index (χ4n) is 16.7. The lowest BCUT2D eigenvalue weighted by Crippen LogP contribution is -2.37. The summed E-state index contributed by atoms with van der Waals surface area (Å²) in [5.74, 6) is 8.99. The van der Waals surface area contributed by atoms with Crippen LogP contribution >= 0.6 is 35.3 Å². The summed E-state index contributed by atoms with van der Waals surface area (Å²) in [4.78, 5) is 50.2. The standard InChI is InChI=1S/C35H29N2O3S.C32H33N2O3S.C27H25N2O4S/c1-3-36-28-13-7-9-15-30(28)39-32(36)20-26-34(38)27(21-33-37(4-2)29-14-8-10-16-31(29)40-33)35(26)41-22-23-17-18-24-11-5-6-12-25(24)19-23;1-3-33-25-9-5-7-11-27(25)36-29(33)18-23-31(35)24(32(23)38-22-16-20-13-14-21(15-20)17-22)19-30-34(4-2)26-10-6-8-12-28(26)37-30;1-2-28-20-7-3-5-9-22(20)32-24(28)15-18-26(31)19(27(18)34-17-11-12-17)16-25-29(13-14-30)21-8-4-6-10-23(21)33-25/h5-21H,3-4,22H2,1-2H3;5-12,18-22H,3-4,13-17H2,1-2H3;3-10,15-17,30H,2,11-14H2,1H3/q3*+1. The fraction of sp³-hybridized carbons (Fsp3) is 0.255. The Morgan fingerprint density at radius 3 is 1.25 bits per heavy atom. The van der Waals surface area contributed by atoms with Gasteiger partial charge in [-0.2, -0.15) is 13.7 Å². The van der Waals surface area contributed by atoms with Crippen LogP contribution in [-0.2, 0) is 39.8 Å². The van der Waals surface area contributed by atoms with Crippen molar-refractivity contribution in [1.29, 1.82) is 0 Å². The monoisotopic (exact) mass is 1560 g/mol. The van der Waals surface area contributed by atoms with Crippen molar-refractivity contribution in [3.8, 4) is 17.2 Å². The third-order valence-electron chi connectivity index (χ3n) is 22.4. The summed E-state index contributed by atoms with van der Waals surface area (Å²) in [6, 6.07) is 62.6. The van der Waals surface area contributed by atoms with Crippen molar-refractivity contribution >= 4 is 132 Å². The van der Waals surface area contributed by atoms with Crippen molar-refractivity contribution in [3.05, 3.63) is 295 Å². The van der Waals surface area contributed by atoms with Gasteiger partial charge in [0.15, 0.2) is 41.1 Å². The number of ketones is 3. The third kappa shape index (κ3) is 14.1. The van der Waals surface area contributed by atoms with Crippen LogP contribution in [0.4, 0.5) is 17.1 Å². The average Bonchev–Trinajstić information content (AvgIpc) is 1.74. The van der Waals surface area contributed by atoms with Gasteiger partial charge < -0.3 is 47.3 Å². The summed E-state index contributed by atoms with van der Waals surface area (Å²) in [6.07, 6.45) is 20.4. The number of oxazole rings is 3. The number of carbonyl (C=O) groups excluding carboxylic acids is 3. The Morgan fingerprint density at radius 1 is 0.416 bits per heavy atom. The van der Waals surface area contributed by atoms with E-state index in [2.05, 4.69) is 113 Å². The zero-order valence-electron chi connectivity index (χ0n) is 63.8. The molecule has 3 aromatic heterocycles. The Bertz CT molecular complexity index is 5990. The number of benzene rings is 8.